The zero-order valence-electron chi connectivity index (χ0n) is 13.9. The summed E-state index contributed by atoms with van der Waals surface area (Å²) >= 11 is 0. The molecule has 0 saturated carbocycles. The molecule has 1 rings (SSSR count). The van der Waals surface area contributed by atoms with E-state index in [2.05, 4.69) is 55.7 Å². The maximum Gasteiger partial charge on any atom is 0.236 e. The minimum atomic E-state index is -0.128. The molecule has 0 heterocycles. The monoisotopic (exact) mass is 290 g/mol. The molecular weight excluding hydrogens is 260 g/mol. The molecule has 21 heavy (non-hydrogen) atoms. The van der Waals surface area contributed by atoms with Crippen molar-refractivity contribution in [3.8, 4) is 0 Å². The fourth-order valence-corrected chi connectivity index (χ4v) is 2.58. The molecule has 3 nitrogen and oxygen atoms in total. The summed E-state index contributed by atoms with van der Waals surface area (Å²) in [6, 6.07) is 10.6. The minimum Gasteiger partial charge on any atom is -0.358 e. The molecule has 0 bridgehead atoms. The fraction of sp³-hybridized carbons (Fsp3) is 0.611. The van der Waals surface area contributed by atoms with Gasteiger partial charge in [-0.15, -0.1) is 0 Å². The van der Waals surface area contributed by atoms with Gasteiger partial charge in [-0.1, -0.05) is 63.9 Å². The molecule has 0 saturated heterocycles. The highest BCUT2D eigenvalue weighted by atomic mass is 16.2. The smallest absolute Gasteiger partial charge is 0.236 e. The minimum absolute atomic E-state index is 0.0844. The standard InChI is InChI=1S/C18H30N2O/c1-5-6-12-16(15-10-8-7-9-11-15)20-17(13-14(2)3)18(21)19-4/h7-11,14,16-17,20H,5-6,12-13H2,1-4H3,(H,19,21). The van der Waals surface area contributed by atoms with Crippen molar-refractivity contribution in [1.82, 2.24) is 10.6 Å². The van der Waals surface area contributed by atoms with Crippen molar-refractivity contribution >= 4 is 5.91 Å². The van der Waals surface area contributed by atoms with Gasteiger partial charge in [0.1, 0.15) is 0 Å². The largest absolute Gasteiger partial charge is 0.358 e. The number of amides is 1. The van der Waals surface area contributed by atoms with Gasteiger partial charge >= 0.3 is 0 Å². The second-order valence-electron chi connectivity index (χ2n) is 6.07. The van der Waals surface area contributed by atoms with Gasteiger partial charge in [-0.05, 0) is 24.3 Å². The maximum atomic E-state index is 12.1. The van der Waals surface area contributed by atoms with E-state index >= 15 is 0 Å². The highest BCUT2D eigenvalue weighted by Crippen LogP contribution is 2.21. The summed E-state index contributed by atoms with van der Waals surface area (Å²) in [6.07, 6.45) is 4.25. The second kappa shape index (κ2) is 9.56. The van der Waals surface area contributed by atoms with Crippen LogP contribution in [0.5, 0.6) is 0 Å². The summed E-state index contributed by atoms with van der Waals surface area (Å²) in [6.45, 7) is 6.51. The Labute approximate surface area is 129 Å². The Morgan fingerprint density at radius 1 is 1.19 bits per heavy atom. The summed E-state index contributed by atoms with van der Waals surface area (Å²) in [5.74, 6) is 0.573. The van der Waals surface area contributed by atoms with Gasteiger partial charge in [0.2, 0.25) is 5.91 Å². The van der Waals surface area contributed by atoms with Crippen LogP contribution in [0, 0.1) is 5.92 Å². The highest BCUT2D eigenvalue weighted by molar-refractivity contribution is 5.81. The Hall–Kier alpha value is -1.35. The van der Waals surface area contributed by atoms with Crippen LogP contribution in [0.15, 0.2) is 30.3 Å². The van der Waals surface area contributed by atoms with Crippen molar-refractivity contribution in [3.63, 3.8) is 0 Å². The topological polar surface area (TPSA) is 41.1 Å². The zero-order chi connectivity index (χ0) is 15.7. The molecule has 0 aliphatic carbocycles. The number of hydrogen-bond acceptors (Lipinski definition) is 2. The second-order valence-corrected chi connectivity index (χ2v) is 6.07. The quantitative estimate of drug-likeness (QED) is 0.728. The van der Waals surface area contributed by atoms with Crippen molar-refractivity contribution in [2.24, 2.45) is 5.92 Å². The van der Waals surface area contributed by atoms with E-state index in [4.69, 9.17) is 0 Å². The lowest BCUT2D eigenvalue weighted by Gasteiger charge is -2.26. The zero-order valence-corrected chi connectivity index (χ0v) is 13.9. The van der Waals surface area contributed by atoms with Crippen LogP contribution >= 0.6 is 0 Å². The Bertz CT molecular complexity index is 403. The lowest BCUT2D eigenvalue weighted by molar-refractivity contribution is -0.123. The summed E-state index contributed by atoms with van der Waals surface area (Å²) in [4.78, 5) is 12.1. The van der Waals surface area contributed by atoms with Crippen LogP contribution in [0.25, 0.3) is 0 Å². The Balaban J connectivity index is 2.83. The van der Waals surface area contributed by atoms with E-state index in [1.54, 1.807) is 7.05 Å². The number of carbonyl (C=O) groups excluding carboxylic acids is 1. The van der Waals surface area contributed by atoms with Gasteiger partial charge in [0.05, 0.1) is 6.04 Å². The molecule has 0 radical (unpaired) electrons. The van der Waals surface area contributed by atoms with Crippen LogP contribution < -0.4 is 10.6 Å². The van der Waals surface area contributed by atoms with E-state index in [-0.39, 0.29) is 18.0 Å². The molecule has 2 atom stereocenters. The van der Waals surface area contributed by atoms with Crippen LogP contribution in [0.1, 0.15) is 58.1 Å². The Morgan fingerprint density at radius 3 is 2.38 bits per heavy atom. The number of carbonyl (C=O) groups is 1. The SMILES string of the molecule is CCCCC(NC(CC(C)C)C(=O)NC)c1ccccc1. The van der Waals surface area contributed by atoms with E-state index in [9.17, 15) is 4.79 Å². The lowest BCUT2D eigenvalue weighted by atomic mass is 9.97. The number of benzene rings is 1. The third-order valence-electron chi connectivity index (χ3n) is 3.72. The summed E-state index contributed by atoms with van der Waals surface area (Å²) in [5, 5.41) is 6.36. The summed E-state index contributed by atoms with van der Waals surface area (Å²) in [7, 11) is 1.71. The number of rotatable bonds is 9. The van der Waals surface area contributed by atoms with Crippen LogP contribution in [0.2, 0.25) is 0 Å². The van der Waals surface area contributed by atoms with Gasteiger partial charge in [-0.25, -0.2) is 0 Å². The highest BCUT2D eigenvalue weighted by Gasteiger charge is 2.22. The van der Waals surface area contributed by atoms with Gasteiger partial charge in [0.25, 0.3) is 0 Å². The average molecular weight is 290 g/mol. The molecule has 2 unspecified atom stereocenters. The predicted molar refractivity (Wildman–Crippen MR) is 89.2 cm³/mol. The van der Waals surface area contributed by atoms with Crippen molar-refractivity contribution in [3.05, 3.63) is 35.9 Å². The lowest BCUT2D eigenvalue weighted by Crippen LogP contribution is -2.45. The Kier molecular flexibility index (Phi) is 8.06. The maximum absolute atomic E-state index is 12.1. The first-order valence-corrected chi connectivity index (χ1v) is 8.11. The molecule has 0 aromatic heterocycles. The molecule has 0 aliphatic rings. The predicted octanol–water partition coefficient (Wildman–Crippen LogP) is 3.67. The number of hydrogen-bond donors (Lipinski definition) is 2. The van der Waals surface area contributed by atoms with Gasteiger partial charge in [0, 0.05) is 13.1 Å². The van der Waals surface area contributed by atoms with E-state index in [0.29, 0.717) is 5.92 Å². The fourth-order valence-electron chi connectivity index (χ4n) is 2.58. The first-order chi connectivity index (χ1) is 10.1. The van der Waals surface area contributed by atoms with Gasteiger partial charge in [-0.3, -0.25) is 10.1 Å². The van der Waals surface area contributed by atoms with Crippen molar-refractivity contribution in [1.29, 1.82) is 0 Å². The molecule has 3 heteroatoms. The number of nitrogens with one attached hydrogen (secondary N) is 2. The molecule has 118 valence electrons. The molecular formula is C18H30N2O. The summed E-state index contributed by atoms with van der Waals surface area (Å²) in [5.41, 5.74) is 1.27. The van der Waals surface area contributed by atoms with Gasteiger partial charge < -0.3 is 5.32 Å². The first-order valence-electron chi connectivity index (χ1n) is 8.11. The average Bonchev–Trinajstić information content (AvgIpc) is 2.50. The Morgan fingerprint density at radius 2 is 1.86 bits per heavy atom. The summed E-state index contributed by atoms with van der Waals surface area (Å²) < 4.78 is 0. The molecule has 2 N–H and O–H groups in total. The van der Waals surface area contributed by atoms with Crippen molar-refractivity contribution in [2.75, 3.05) is 7.05 Å². The molecule has 0 spiro atoms. The third-order valence-corrected chi connectivity index (χ3v) is 3.72. The van der Waals surface area contributed by atoms with Crippen LogP contribution in [-0.4, -0.2) is 19.0 Å². The number of likely N-dealkylation sites (N-methyl/N-ethyl adjacent to an activating group) is 1. The molecule has 0 aliphatic heterocycles. The number of unbranched alkanes of at least 4 members (excludes halogenated alkanes) is 1. The van der Waals surface area contributed by atoms with E-state index < -0.39 is 0 Å². The molecule has 1 amide bonds. The molecule has 1 aromatic rings. The van der Waals surface area contributed by atoms with E-state index in [1.165, 1.54) is 12.0 Å². The van der Waals surface area contributed by atoms with Crippen molar-refractivity contribution < 1.29 is 4.79 Å². The van der Waals surface area contributed by atoms with Crippen LogP contribution in [0.4, 0.5) is 0 Å². The van der Waals surface area contributed by atoms with Crippen LogP contribution in [-0.2, 0) is 4.79 Å². The van der Waals surface area contributed by atoms with Crippen molar-refractivity contribution in [2.45, 2.75) is 58.5 Å². The van der Waals surface area contributed by atoms with Crippen LogP contribution in [0.3, 0.4) is 0 Å². The normalized spacial score (nSPS) is 14.0. The van der Waals surface area contributed by atoms with Gasteiger partial charge in [0.15, 0.2) is 0 Å². The van der Waals surface area contributed by atoms with E-state index in [0.717, 1.165) is 19.3 Å². The molecule has 1 aromatic carbocycles. The first kappa shape index (κ1) is 17.7. The molecule has 0 fully saturated rings. The third kappa shape index (κ3) is 6.30. The van der Waals surface area contributed by atoms with E-state index in [1.807, 2.05) is 6.07 Å². The van der Waals surface area contributed by atoms with Gasteiger partial charge in [-0.2, -0.15) is 0 Å².